The first-order valence-corrected chi connectivity index (χ1v) is 10.8. The second-order valence-electron chi connectivity index (χ2n) is 7.33. The van der Waals surface area contributed by atoms with E-state index < -0.39 is 41.4 Å². The van der Waals surface area contributed by atoms with Crippen LogP contribution in [-0.4, -0.2) is 74.0 Å². The lowest BCUT2D eigenvalue weighted by Gasteiger charge is -2.29. The summed E-state index contributed by atoms with van der Waals surface area (Å²) in [6.07, 6.45) is -9.27. The standard InChI is InChI=1S/C20H22BrF3N2O9/c1-11-8-14(21)9-13-10-15(17(20(22,23)24)35-16(11)13)18(27)33-12(2)34-19(28)31-6-4-25(3)5-7-32-26(29)30/h8-10,12,17H,4-7H2,1-3H3. The molecule has 0 bridgehead atoms. The molecule has 1 aromatic rings. The molecule has 2 rings (SSSR count). The van der Waals surface area contributed by atoms with Crippen molar-refractivity contribution in [2.75, 3.05) is 33.4 Å². The first kappa shape index (κ1) is 28.2. The lowest BCUT2D eigenvalue weighted by Crippen LogP contribution is -2.41. The minimum Gasteiger partial charge on any atom is -0.475 e. The fourth-order valence-corrected chi connectivity index (χ4v) is 3.53. The van der Waals surface area contributed by atoms with Crippen LogP contribution in [0.1, 0.15) is 18.1 Å². The van der Waals surface area contributed by atoms with Gasteiger partial charge >= 0.3 is 18.3 Å². The molecule has 1 aromatic carbocycles. The zero-order valence-electron chi connectivity index (χ0n) is 18.8. The van der Waals surface area contributed by atoms with Crippen molar-refractivity contribution >= 4 is 34.1 Å². The summed E-state index contributed by atoms with van der Waals surface area (Å²) < 4.78 is 60.8. The van der Waals surface area contributed by atoms with Crippen LogP contribution in [0.2, 0.25) is 0 Å². The van der Waals surface area contributed by atoms with Crippen LogP contribution in [0.4, 0.5) is 18.0 Å². The van der Waals surface area contributed by atoms with Crippen molar-refractivity contribution in [3.05, 3.63) is 43.4 Å². The zero-order chi connectivity index (χ0) is 26.3. The second-order valence-corrected chi connectivity index (χ2v) is 8.25. The van der Waals surface area contributed by atoms with E-state index in [1.807, 2.05) is 0 Å². The van der Waals surface area contributed by atoms with Gasteiger partial charge in [-0.25, -0.2) is 9.59 Å². The Morgan fingerprint density at radius 3 is 2.54 bits per heavy atom. The largest absolute Gasteiger partial charge is 0.511 e. The molecule has 194 valence electrons. The molecule has 0 spiro atoms. The summed E-state index contributed by atoms with van der Waals surface area (Å²) in [6, 6.07) is 3.06. The number of alkyl halides is 3. The van der Waals surface area contributed by atoms with Crippen LogP contribution in [0, 0.1) is 17.0 Å². The molecule has 15 heteroatoms. The normalized spacial score (nSPS) is 15.9. The van der Waals surface area contributed by atoms with Crippen LogP contribution in [-0.2, 0) is 23.8 Å². The van der Waals surface area contributed by atoms with Gasteiger partial charge in [-0.2, -0.15) is 13.2 Å². The highest BCUT2D eigenvalue weighted by Crippen LogP contribution is 2.40. The molecule has 0 N–H and O–H groups in total. The summed E-state index contributed by atoms with van der Waals surface area (Å²) in [6.45, 7) is 2.70. The molecule has 1 aliphatic heterocycles. The molecule has 0 fully saturated rings. The SMILES string of the molecule is Cc1cc(Br)cc2c1OC(C(F)(F)F)C(C(=O)OC(C)OC(=O)OCCN(C)CCO[N+](=O)[O-])=C2. The third-order valence-corrected chi connectivity index (χ3v) is 4.99. The third-order valence-electron chi connectivity index (χ3n) is 4.53. The number of carbonyl (C=O) groups is 2. The van der Waals surface area contributed by atoms with Crippen molar-refractivity contribution < 1.29 is 51.6 Å². The van der Waals surface area contributed by atoms with Gasteiger partial charge in [0.25, 0.3) is 5.09 Å². The molecule has 0 saturated carbocycles. The number of hydrogen-bond donors (Lipinski definition) is 0. The van der Waals surface area contributed by atoms with E-state index in [4.69, 9.17) is 18.9 Å². The number of fused-ring (bicyclic) bond motifs is 1. The van der Waals surface area contributed by atoms with E-state index in [0.29, 0.717) is 10.0 Å². The molecular weight excluding hydrogens is 549 g/mol. The van der Waals surface area contributed by atoms with Crippen molar-refractivity contribution in [2.45, 2.75) is 32.4 Å². The first-order valence-electron chi connectivity index (χ1n) is 10.0. The number of nitrogens with zero attached hydrogens (tertiary/aromatic N) is 2. The average molecular weight is 571 g/mol. The van der Waals surface area contributed by atoms with Crippen LogP contribution in [0.25, 0.3) is 6.08 Å². The van der Waals surface area contributed by atoms with Gasteiger partial charge in [-0.1, -0.05) is 15.9 Å². The van der Waals surface area contributed by atoms with Gasteiger partial charge in [0.1, 0.15) is 19.0 Å². The predicted molar refractivity (Wildman–Crippen MR) is 116 cm³/mol. The number of halogens is 4. The fourth-order valence-electron chi connectivity index (χ4n) is 2.94. The number of benzene rings is 1. The highest BCUT2D eigenvalue weighted by molar-refractivity contribution is 9.10. The highest BCUT2D eigenvalue weighted by atomic mass is 79.9. The van der Waals surface area contributed by atoms with Gasteiger partial charge in [0.15, 0.2) is 0 Å². The number of carbonyl (C=O) groups excluding carboxylic acids is 2. The van der Waals surface area contributed by atoms with Gasteiger partial charge in [0, 0.05) is 30.0 Å². The minimum absolute atomic E-state index is 0.0186. The molecule has 1 aliphatic rings. The fraction of sp³-hybridized carbons (Fsp3) is 0.500. The monoisotopic (exact) mass is 570 g/mol. The molecule has 0 amide bonds. The van der Waals surface area contributed by atoms with Crippen molar-refractivity contribution in [2.24, 2.45) is 0 Å². The van der Waals surface area contributed by atoms with Gasteiger partial charge in [-0.05, 0) is 37.7 Å². The summed E-state index contributed by atoms with van der Waals surface area (Å²) in [4.78, 5) is 40.1. The van der Waals surface area contributed by atoms with Crippen molar-refractivity contribution in [3.8, 4) is 5.75 Å². The summed E-state index contributed by atoms with van der Waals surface area (Å²) in [5.41, 5.74) is -0.141. The average Bonchev–Trinajstić information content (AvgIpc) is 2.71. The van der Waals surface area contributed by atoms with Crippen molar-refractivity contribution in [1.29, 1.82) is 0 Å². The van der Waals surface area contributed by atoms with Gasteiger partial charge in [-0.3, -0.25) is 0 Å². The van der Waals surface area contributed by atoms with E-state index in [-0.39, 0.29) is 37.6 Å². The number of ether oxygens (including phenoxy) is 4. The van der Waals surface area contributed by atoms with Gasteiger partial charge < -0.3 is 28.7 Å². The van der Waals surface area contributed by atoms with Crippen molar-refractivity contribution in [1.82, 2.24) is 4.90 Å². The van der Waals surface area contributed by atoms with E-state index in [9.17, 15) is 32.9 Å². The maximum absolute atomic E-state index is 13.6. The number of likely N-dealkylation sites (N-methyl/N-ethyl adjacent to an activating group) is 1. The Bertz CT molecular complexity index is 987. The molecule has 11 nitrogen and oxygen atoms in total. The van der Waals surface area contributed by atoms with Crippen LogP contribution < -0.4 is 4.74 Å². The summed E-state index contributed by atoms with van der Waals surface area (Å²) in [5.74, 6) is -1.41. The lowest BCUT2D eigenvalue weighted by atomic mass is 9.99. The number of rotatable bonds is 10. The molecule has 1 heterocycles. The third kappa shape index (κ3) is 8.58. The quantitative estimate of drug-likeness (QED) is 0.178. The Labute approximate surface area is 205 Å². The Hall–Kier alpha value is -3.07. The van der Waals surface area contributed by atoms with E-state index >= 15 is 0 Å². The molecular formula is C20H22BrF3N2O9. The summed E-state index contributed by atoms with van der Waals surface area (Å²) in [5, 5.41) is 9.15. The molecule has 35 heavy (non-hydrogen) atoms. The van der Waals surface area contributed by atoms with Crippen LogP contribution in [0.15, 0.2) is 22.2 Å². The maximum atomic E-state index is 13.6. The lowest BCUT2D eigenvalue weighted by molar-refractivity contribution is -0.757. The topological polar surface area (TPSA) is 127 Å². The molecule has 0 radical (unpaired) electrons. The minimum atomic E-state index is -4.91. The smallest absolute Gasteiger partial charge is 0.475 e. The number of aryl methyl sites for hydroxylation is 1. The highest BCUT2D eigenvalue weighted by Gasteiger charge is 2.49. The Balaban J connectivity index is 1.94. The van der Waals surface area contributed by atoms with Crippen LogP contribution in [0.3, 0.4) is 0 Å². The second kappa shape index (κ2) is 12.1. The van der Waals surface area contributed by atoms with Gasteiger partial charge in [0.2, 0.25) is 12.4 Å². The number of hydrogen-bond acceptors (Lipinski definition) is 10. The van der Waals surface area contributed by atoms with E-state index in [0.717, 1.165) is 13.0 Å². The zero-order valence-corrected chi connectivity index (χ0v) is 20.4. The number of esters is 1. The van der Waals surface area contributed by atoms with Crippen molar-refractivity contribution in [3.63, 3.8) is 0 Å². The Morgan fingerprint density at radius 1 is 1.26 bits per heavy atom. The van der Waals surface area contributed by atoms with E-state index in [1.165, 1.54) is 6.07 Å². The summed E-state index contributed by atoms with van der Waals surface area (Å²) in [7, 11) is 1.59. The molecule has 0 aromatic heterocycles. The molecule has 0 aliphatic carbocycles. The summed E-state index contributed by atoms with van der Waals surface area (Å²) >= 11 is 3.24. The van der Waals surface area contributed by atoms with E-state index in [1.54, 1.807) is 24.9 Å². The molecule has 2 atom stereocenters. The van der Waals surface area contributed by atoms with Crippen LogP contribution in [0.5, 0.6) is 5.75 Å². The molecule has 2 unspecified atom stereocenters. The van der Waals surface area contributed by atoms with Crippen LogP contribution >= 0.6 is 15.9 Å². The van der Waals surface area contributed by atoms with Gasteiger partial charge in [0.05, 0.1) is 5.57 Å². The predicted octanol–water partition coefficient (Wildman–Crippen LogP) is 3.65. The maximum Gasteiger partial charge on any atom is 0.511 e. The Morgan fingerprint density at radius 2 is 1.91 bits per heavy atom. The Kier molecular flexibility index (Phi) is 9.71. The van der Waals surface area contributed by atoms with Gasteiger partial charge in [-0.15, -0.1) is 10.1 Å². The molecule has 0 saturated heterocycles. The van der Waals surface area contributed by atoms with E-state index in [2.05, 4.69) is 20.8 Å². The first-order chi connectivity index (χ1) is 16.3.